The summed E-state index contributed by atoms with van der Waals surface area (Å²) in [6.45, 7) is 5.56. The van der Waals surface area contributed by atoms with Crippen LogP contribution in [0.4, 0.5) is 0 Å². The van der Waals surface area contributed by atoms with E-state index in [0.29, 0.717) is 6.42 Å². The first-order valence-corrected chi connectivity index (χ1v) is 11.1. The molecular formula is C25H38O5. The fourth-order valence-electron chi connectivity index (χ4n) is 3.15. The number of methoxy groups -OCH3 is 2. The zero-order valence-electron chi connectivity index (χ0n) is 19.3. The van der Waals surface area contributed by atoms with Gasteiger partial charge in [-0.3, -0.25) is 0 Å². The molecule has 5 nitrogen and oxygen atoms in total. The Morgan fingerprint density at radius 2 is 1.73 bits per heavy atom. The molecule has 1 fully saturated rings. The van der Waals surface area contributed by atoms with Crippen LogP contribution in [0.1, 0.15) is 85.0 Å². The molecule has 0 saturated carbocycles. The van der Waals surface area contributed by atoms with Crippen LogP contribution in [-0.2, 0) is 23.7 Å². The summed E-state index contributed by atoms with van der Waals surface area (Å²) in [5, 5.41) is 0. The molecule has 168 valence electrons. The molecule has 0 amide bonds. The number of carbonyl (C=O) groups is 1. The first kappa shape index (κ1) is 26.2. The van der Waals surface area contributed by atoms with E-state index >= 15 is 0 Å². The van der Waals surface area contributed by atoms with Crippen molar-refractivity contribution >= 4 is 5.97 Å². The molecule has 0 aliphatic carbocycles. The molecule has 3 unspecified atom stereocenters. The largest absolute Gasteiger partial charge is 0.425 e. The van der Waals surface area contributed by atoms with Gasteiger partial charge < -0.3 is 18.9 Å². The molecule has 0 radical (unpaired) electrons. The van der Waals surface area contributed by atoms with Crippen LogP contribution in [0.15, 0.2) is 12.2 Å². The van der Waals surface area contributed by atoms with E-state index in [9.17, 15) is 4.79 Å². The van der Waals surface area contributed by atoms with Gasteiger partial charge in [0.2, 0.25) is 5.79 Å². The van der Waals surface area contributed by atoms with Gasteiger partial charge in [-0.25, -0.2) is 4.79 Å². The second-order valence-corrected chi connectivity index (χ2v) is 7.75. The third-order valence-electron chi connectivity index (χ3n) is 5.45. The molecule has 0 aromatic carbocycles. The average molecular weight is 419 g/mol. The van der Waals surface area contributed by atoms with Crippen molar-refractivity contribution in [3.05, 3.63) is 12.2 Å². The summed E-state index contributed by atoms with van der Waals surface area (Å²) in [6.07, 6.45) is 13.6. The van der Waals surface area contributed by atoms with E-state index < -0.39 is 23.6 Å². The molecule has 5 heteroatoms. The molecule has 1 aliphatic rings. The van der Waals surface area contributed by atoms with Gasteiger partial charge in [-0.1, -0.05) is 56.9 Å². The van der Waals surface area contributed by atoms with E-state index in [1.807, 2.05) is 6.08 Å². The Morgan fingerprint density at radius 1 is 1.00 bits per heavy atom. The molecule has 0 N–H and O–H groups in total. The van der Waals surface area contributed by atoms with Crippen molar-refractivity contribution in [3.63, 3.8) is 0 Å². The Labute approximate surface area is 182 Å². The topological polar surface area (TPSA) is 54.0 Å². The molecule has 0 aromatic rings. The van der Waals surface area contributed by atoms with Gasteiger partial charge in [0.25, 0.3) is 5.79 Å². The third kappa shape index (κ3) is 8.52. The summed E-state index contributed by atoms with van der Waals surface area (Å²) >= 11 is 0. The Balaban J connectivity index is 2.19. The lowest BCUT2D eigenvalue weighted by atomic mass is 10.0. The van der Waals surface area contributed by atoms with Crippen molar-refractivity contribution in [1.82, 2.24) is 0 Å². The zero-order chi connectivity index (χ0) is 22.3. The normalized spacial score (nSPS) is 25.9. The van der Waals surface area contributed by atoms with Gasteiger partial charge in [-0.05, 0) is 50.5 Å². The lowest BCUT2D eigenvalue weighted by Crippen LogP contribution is -2.64. The maximum Gasteiger partial charge on any atom is 0.338 e. The number of rotatable bonds is 12. The molecular weight excluding hydrogens is 380 g/mol. The Kier molecular flexibility index (Phi) is 12.5. The number of allylic oxidation sites excluding steroid dienone is 2. The molecule has 1 saturated heterocycles. The number of hydrogen-bond donors (Lipinski definition) is 0. The summed E-state index contributed by atoms with van der Waals surface area (Å²) in [5.74, 6) is 8.99. The highest BCUT2D eigenvalue weighted by Gasteiger charge is 2.57. The number of cyclic esters (lactones) is 1. The van der Waals surface area contributed by atoms with Gasteiger partial charge in [-0.2, -0.15) is 0 Å². The second-order valence-electron chi connectivity index (χ2n) is 7.75. The number of unbranched alkanes of at least 4 members (excludes halogenated alkanes) is 7. The highest BCUT2D eigenvalue weighted by Crippen LogP contribution is 2.38. The molecule has 0 spiro atoms. The maximum absolute atomic E-state index is 12.2. The standard InChI is InChI=1S/C25H38O5/c1-6-7-8-9-10-11-12-13-14-15-16-17-18-19-20-21-22-23(26)30-25(3,28-5)24(2,27-4)29-22/h14-15,22H,6-9,16-21H2,1-5H3. The van der Waals surface area contributed by atoms with Gasteiger partial charge in [0.05, 0.1) is 0 Å². The van der Waals surface area contributed by atoms with Crippen molar-refractivity contribution in [1.29, 1.82) is 0 Å². The highest BCUT2D eigenvalue weighted by molar-refractivity contribution is 5.75. The van der Waals surface area contributed by atoms with Crippen LogP contribution in [0.3, 0.4) is 0 Å². The van der Waals surface area contributed by atoms with Gasteiger partial charge in [0, 0.05) is 27.6 Å². The number of carbonyl (C=O) groups excluding carboxylic acids is 1. The van der Waals surface area contributed by atoms with Crippen LogP contribution in [0.5, 0.6) is 0 Å². The van der Waals surface area contributed by atoms with Gasteiger partial charge in [0.15, 0.2) is 6.10 Å². The van der Waals surface area contributed by atoms with Crippen LogP contribution < -0.4 is 0 Å². The molecule has 1 rings (SSSR count). The van der Waals surface area contributed by atoms with Crippen molar-refractivity contribution in [2.24, 2.45) is 0 Å². The summed E-state index contributed by atoms with van der Waals surface area (Å²) < 4.78 is 22.1. The molecule has 1 aliphatic heterocycles. The Bertz CT molecular complexity index is 662. The molecule has 3 atom stereocenters. The monoisotopic (exact) mass is 418 g/mol. The highest BCUT2D eigenvalue weighted by atomic mass is 16.8. The number of esters is 1. The van der Waals surface area contributed by atoms with Gasteiger partial charge >= 0.3 is 5.97 Å². The van der Waals surface area contributed by atoms with E-state index in [2.05, 4.69) is 36.7 Å². The first-order valence-electron chi connectivity index (χ1n) is 11.1. The SMILES string of the molecule is CCCCCC#CC#CC=CCCCCCCC1OC(C)(OC)C(C)(OC)OC1=O. The van der Waals surface area contributed by atoms with Crippen molar-refractivity contribution in [2.75, 3.05) is 14.2 Å². The molecule has 1 heterocycles. The van der Waals surface area contributed by atoms with Crippen molar-refractivity contribution in [2.45, 2.75) is 103 Å². The van der Waals surface area contributed by atoms with Crippen LogP contribution >= 0.6 is 0 Å². The third-order valence-corrected chi connectivity index (χ3v) is 5.45. The quantitative estimate of drug-likeness (QED) is 0.250. The van der Waals surface area contributed by atoms with Crippen molar-refractivity contribution in [3.8, 4) is 23.7 Å². The summed E-state index contributed by atoms with van der Waals surface area (Å²) in [4.78, 5) is 12.2. The van der Waals surface area contributed by atoms with E-state index in [1.54, 1.807) is 13.8 Å². The van der Waals surface area contributed by atoms with Gasteiger partial charge in [0.1, 0.15) is 0 Å². The van der Waals surface area contributed by atoms with E-state index in [0.717, 1.165) is 44.9 Å². The lowest BCUT2D eigenvalue weighted by Gasteiger charge is -2.47. The first-order chi connectivity index (χ1) is 14.4. The average Bonchev–Trinajstić information content (AvgIpc) is 2.74. The van der Waals surface area contributed by atoms with E-state index in [1.165, 1.54) is 27.1 Å². The molecule has 0 aromatic heterocycles. The fourth-order valence-corrected chi connectivity index (χ4v) is 3.15. The van der Waals surface area contributed by atoms with Crippen LogP contribution in [-0.4, -0.2) is 37.9 Å². The minimum Gasteiger partial charge on any atom is -0.425 e. The Morgan fingerprint density at radius 3 is 2.43 bits per heavy atom. The predicted octanol–water partition coefficient (Wildman–Crippen LogP) is 5.14. The zero-order valence-corrected chi connectivity index (χ0v) is 19.3. The number of ether oxygens (including phenoxy) is 4. The van der Waals surface area contributed by atoms with E-state index in [-0.39, 0.29) is 0 Å². The number of hydrogen-bond acceptors (Lipinski definition) is 5. The second kappa shape index (κ2) is 14.3. The van der Waals surface area contributed by atoms with Crippen LogP contribution in [0, 0.1) is 23.7 Å². The molecule has 30 heavy (non-hydrogen) atoms. The predicted molar refractivity (Wildman–Crippen MR) is 118 cm³/mol. The summed E-state index contributed by atoms with van der Waals surface area (Å²) in [6, 6.07) is 0. The Hall–Kier alpha value is -1.79. The van der Waals surface area contributed by atoms with E-state index in [4.69, 9.17) is 18.9 Å². The summed E-state index contributed by atoms with van der Waals surface area (Å²) in [7, 11) is 2.99. The summed E-state index contributed by atoms with van der Waals surface area (Å²) in [5.41, 5.74) is 0. The van der Waals surface area contributed by atoms with Crippen LogP contribution in [0.2, 0.25) is 0 Å². The lowest BCUT2D eigenvalue weighted by molar-refractivity contribution is -0.406. The van der Waals surface area contributed by atoms with Gasteiger partial charge in [-0.15, -0.1) is 0 Å². The van der Waals surface area contributed by atoms with Crippen molar-refractivity contribution < 1.29 is 23.7 Å². The fraction of sp³-hybridized carbons (Fsp3) is 0.720. The van der Waals surface area contributed by atoms with Crippen LogP contribution in [0.25, 0.3) is 0 Å². The molecule has 0 bridgehead atoms. The maximum atomic E-state index is 12.2. The smallest absolute Gasteiger partial charge is 0.338 e. The minimum atomic E-state index is -1.26. The minimum absolute atomic E-state index is 0.399.